The fraction of sp³-hybridized carbons (Fsp3) is 0.316. The summed E-state index contributed by atoms with van der Waals surface area (Å²) in [5.74, 6) is -0.128. The first-order valence-corrected chi connectivity index (χ1v) is 9.94. The Bertz CT molecular complexity index is 911. The Balaban J connectivity index is 1.81. The van der Waals surface area contributed by atoms with Gasteiger partial charge < -0.3 is 9.64 Å². The number of aryl methyl sites for hydroxylation is 1. The van der Waals surface area contributed by atoms with Crippen LogP contribution in [0.25, 0.3) is 0 Å². The van der Waals surface area contributed by atoms with E-state index in [1.807, 2.05) is 6.92 Å². The van der Waals surface area contributed by atoms with Crippen molar-refractivity contribution in [2.75, 3.05) is 24.4 Å². The molecule has 0 spiro atoms. The van der Waals surface area contributed by atoms with Crippen LogP contribution in [0, 0.1) is 6.92 Å². The van der Waals surface area contributed by atoms with E-state index in [0.717, 1.165) is 0 Å². The number of rotatable bonds is 4. The van der Waals surface area contributed by atoms with Gasteiger partial charge in [-0.15, -0.1) is 0 Å². The van der Waals surface area contributed by atoms with Crippen LogP contribution in [-0.2, 0) is 14.8 Å². The summed E-state index contributed by atoms with van der Waals surface area (Å²) in [4.78, 5) is 14.6. The van der Waals surface area contributed by atoms with Gasteiger partial charge >= 0.3 is 0 Å². The molecule has 2 aromatic carbocycles. The molecule has 138 valence electrons. The van der Waals surface area contributed by atoms with Crippen LogP contribution in [-0.4, -0.2) is 45.0 Å². The Kier molecular flexibility index (Phi) is 5.29. The number of hydrogen-bond acceptors (Lipinski definition) is 4. The molecule has 1 N–H and O–H groups in total. The first-order chi connectivity index (χ1) is 12.4. The van der Waals surface area contributed by atoms with Gasteiger partial charge in [-0.3, -0.25) is 9.52 Å². The van der Waals surface area contributed by atoms with Crippen molar-refractivity contribution in [3.63, 3.8) is 0 Å². The van der Waals surface area contributed by atoms with Crippen molar-refractivity contribution in [3.8, 4) is 0 Å². The highest BCUT2D eigenvalue weighted by molar-refractivity contribution is 7.92. The lowest BCUT2D eigenvalue weighted by Gasteiger charge is -2.31. The van der Waals surface area contributed by atoms with Gasteiger partial charge in [-0.05, 0) is 43.7 Å². The SMILES string of the molecule is Cc1ccccc1S(=O)(=O)Nc1cccc(C(=O)N2CCOC(C)C2)c1. The number of ether oxygens (including phenoxy) is 1. The average Bonchev–Trinajstić information content (AvgIpc) is 2.61. The molecule has 1 heterocycles. The molecule has 0 bridgehead atoms. The molecule has 3 rings (SSSR count). The molecule has 0 aliphatic carbocycles. The topological polar surface area (TPSA) is 75.7 Å². The van der Waals surface area contributed by atoms with Crippen LogP contribution in [0.15, 0.2) is 53.4 Å². The molecule has 1 unspecified atom stereocenters. The number of hydrogen-bond donors (Lipinski definition) is 1. The largest absolute Gasteiger partial charge is 0.375 e. The summed E-state index contributed by atoms with van der Waals surface area (Å²) in [6, 6.07) is 13.3. The van der Waals surface area contributed by atoms with Crippen molar-refractivity contribution in [1.82, 2.24) is 4.90 Å². The Morgan fingerprint density at radius 2 is 1.96 bits per heavy atom. The van der Waals surface area contributed by atoms with E-state index < -0.39 is 10.0 Å². The quantitative estimate of drug-likeness (QED) is 0.893. The van der Waals surface area contributed by atoms with Gasteiger partial charge in [0.1, 0.15) is 0 Å². The first-order valence-electron chi connectivity index (χ1n) is 8.46. The minimum atomic E-state index is -3.72. The number of amides is 1. The van der Waals surface area contributed by atoms with Crippen molar-refractivity contribution in [2.24, 2.45) is 0 Å². The molecule has 1 aliphatic rings. The highest BCUT2D eigenvalue weighted by atomic mass is 32.2. The molecular formula is C19H22N2O4S. The van der Waals surface area contributed by atoms with E-state index in [4.69, 9.17) is 4.74 Å². The summed E-state index contributed by atoms with van der Waals surface area (Å²) < 4.78 is 33.3. The van der Waals surface area contributed by atoms with Gasteiger partial charge in [0.05, 0.1) is 17.6 Å². The van der Waals surface area contributed by atoms with Crippen molar-refractivity contribution >= 4 is 21.6 Å². The Labute approximate surface area is 153 Å². The lowest BCUT2D eigenvalue weighted by molar-refractivity contribution is -0.0124. The number of nitrogens with zero attached hydrogens (tertiary/aromatic N) is 1. The van der Waals surface area contributed by atoms with Gasteiger partial charge in [0.15, 0.2) is 0 Å². The fourth-order valence-electron chi connectivity index (χ4n) is 2.97. The summed E-state index contributed by atoms with van der Waals surface area (Å²) in [6.45, 7) is 5.23. The monoisotopic (exact) mass is 374 g/mol. The number of anilines is 1. The lowest BCUT2D eigenvalue weighted by Crippen LogP contribution is -2.44. The minimum Gasteiger partial charge on any atom is -0.375 e. The Morgan fingerprint density at radius 1 is 1.19 bits per heavy atom. The summed E-state index contributed by atoms with van der Waals surface area (Å²) >= 11 is 0. The molecule has 1 saturated heterocycles. The van der Waals surface area contributed by atoms with Crippen molar-refractivity contribution in [2.45, 2.75) is 24.8 Å². The Hall–Kier alpha value is -2.38. The van der Waals surface area contributed by atoms with E-state index in [1.54, 1.807) is 60.4 Å². The van der Waals surface area contributed by atoms with Crippen LogP contribution in [0.1, 0.15) is 22.8 Å². The molecule has 0 radical (unpaired) electrons. The van der Waals surface area contributed by atoms with E-state index >= 15 is 0 Å². The molecule has 6 nitrogen and oxygen atoms in total. The van der Waals surface area contributed by atoms with Crippen molar-refractivity contribution in [3.05, 3.63) is 59.7 Å². The molecule has 2 aromatic rings. The predicted octanol–water partition coefficient (Wildman–Crippen LogP) is 2.66. The Morgan fingerprint density at radius 3 is 2.69 bits per heavy atom. The van der Waals surface area contributed by atoms with Crippen LogP contribution in [0.3, 0.4) is 0 Å². The van der Waals surface area contributed by atoms with Crippen molar-refractivity contribution < 1.29 is 17.9 Å². The molecule has 7 heteroatoms. The van der Waals surface area contributed by atoms with Crippen LogP contribution in [0.5, 0.6) is 0 Å². The zero-order valence-corrected chi connectivity index (χ0v) is 15.6. The second kappa shape index (κ2) is 7.47. The maximum Gasteiger partial charge on any atom is 0.262 e. The summed E-state index contributed by atoms with van der Waals surface area (Å²) in [5, 5.41) is 0. The third-order valence-corrected chi connectivity index (χ3v) is 5.81. The summed E-state index contributed by atoms with van der Waals surface area (Å²) in [7, 11) is -3.72. The number of morpholine rings is 1. The van der Waals surface area contributed by atoms with E-state index in [2.05, 4.69) is 4.72 Å². The van der Waals surface area contributed by atoms with Crippen LogP contribution < -0.4 is 4.72 Å². The molecule has 1 amide bonds. The number of carbonyl (C=O) groups is 1. The molecule has 0 saturated carbocycles. The zero-order chi connectivity index (χ0) is 18.7. The molecule has 0 aromatic heterocycles. The minimum absolute atomic E-state index is 0.00422. The van der Waals surface area contributed by atoms with Gasteiger partial charge in [0.2, 0.25) is 0 Å². The van der Waals surface area contributed by atoms with E-state index in [0.29, 0.717) is 36.5 Å². The van der Waals surface area contributed by atoms with Crippen LogP contribution in [0.4, 0.5) is 5.69 Å². The number of sulfonamides is 1. The standard InChI is InChI=1S/C19H22N2O4S/c1-14-6-3-4-9-18(14)26(23,24)20-17-8-5-7-16(12-17)19(22)21-10-11-25-15(2)13-21/h3-9,12,15,20H,10-11,13H2,1-2H3. The van der Waals surface area contributed by atoms with Gasteiger partial charge in [-0.2, -0.15) is 0 Å². The summed E-state index contributed by atoms with van der Waals surface area (Å²) in [5.41, 5.74) is 1.47. The maximum atomic E-state index is 12.7. The third kappa shape index (κ3) is 4.05. The number of carbonyl (C=O) groups excluding carboxylic acids is 1. The smallest absolute Gasteiger partial charge is 0.262 e. The lowest BCUT2D eigenvalue weighted by atomic mass is 10.1. The zero-order valence-electron chi connectivity index (χ0n) is 14.8. The maximum absolute atomic E-state index is 12.7. The van der Waals surface area contributed by atoms with E-state index in [9.17, 15) is 13.2 Å². The van der Waals surface area contributed by atoms with Gasteiger partial charge in [-0.25, -0.2) is 8.42 Å². The average molecular weight is 374 g/mol. The van der Waals surface area contributed by atoms with Gasteiger partial charge in [-0.1, -0.05) is 24.3 Å². The molecule has 1 atom stereocenters. The van der Waals surface area contributed by atoms with Crippen LogP contribution in [0.2, 0.25) is 0 Å². The van der Waals surface area contributed by atoms with E-state index in [-0.39, 0.29) is 16.9 Å². The third-order valence-electron chi connectivity index (χ3n) is 4.27. The highest BCUT2D eigenvalue weighted by Gasteiger charge is 2.23. The second-order valence-corrected chi connectivity index (χ2v) is 8.04. The predicted molar refractivity (Wildman–Crippen MR) is 99.7 cm³/mol. The molecule has 26 heavy (non-hydrogen) atoms. The second-order valence-electron chi connectivity index (χ2n) is 6.38. The molecular weight excluding hydrogens is 352 g/mol. The summed E-state index contributed by atoms with van der Waals surface area (Å²) in [6.07, 6.45) is -0.00422. The van der Waals surface area contributed by atoms with Crippen LogP contribution >= 0.6 is 0 Å². The number of benzene rings is 2. The fourth-order valence-corrected chi connectivity index (χ4v) is 4.27. The molecule has 1 fully saturated rings. The van der Waals surface area contributed by atoms with Crippen molar-refractivity contribution in [1.29, 1.82) is 0 Å². The first kappa shape index (κ1) is 18.4. The highest BCUT2D eigenvalue weighted by Crippen LogP contribution is 2.21. The van der Waals surface area contributed by atoms with Gasteiger partial charge in [0.25, 0.3) is 15.9 Å². The van der Waals surface area contributed by atoms with Gasteiger partial charge in [0, 0.05) is 24.3 Å². The van der Waals surface area contributed by atoms with E-state index in [1.165, 1.54) is 0 Å². The molecule has 1 aliphatic heterocycles. The number of nitrogens with one attached hydrogen (secondary N) is 1. The normalized spacial score (nSPS) is 17.8.